The second kappa shape index (κ2) is 10.2. The maximum Gasteiger partial charge on any atom is 0.243 e. The predicted molar refractivity (Wildman–Crippen MR) is 122 cm³/mol. The van der Waals surface area contributed by atoms with Crippen molar-refractivity contribution in [2.75, 3.05) is 18.8 Å². The highest BCUT2D eigenvalue weighted by Gasteiger charge is 2.23. The Kier molecular flexibility index (Phi) is 7.69. The lowest BCUT2D eigenvalue weighted by atomic mass is 10.2. The van der Waals surface area contributed by atoms with Crippen molar-refractivity contribution in [3.05, 3.63) is 60.2 Å². The Hall–Kier alpha value is -2.16. The van der Waals surface area contributed by atoms with Gasteiger partial charge < -0.3 is 0 Å². The molecule has 0 fully saturated rings. The first-order valence-corrected chi connectivity index (χ1v) is 12.6. The fourth-order valence-electron chi connectivity index (χ4n) is 3.22. The number of rotatable bonds is 10. The van der Waals surface area contributed by atoms with Crippen LogP contribution in [0.1, 0.15) is 32.8 Å². The van der Waals surface area contributed by atoms with Gasteiger partial charge in [-0.25, -0.2) is 8.42 Å². The second-order valence-corrected chi connectivity index (χ2v) is 9.84. The molecule has 3 rings (SSSR count). The Morgan fingerprint density at radius 3 is 2.37 bits per heavy atom. The van der Waals surface area contributed by atoms with Gasteiger partial charge >= 0.3 is 0 Å². The van der Waals surface area contributed by atoms with Gasteiger partial charge in [0, 0.05) is 24.4 Å². The summed E-state index contributed by atoms with van der Waals surface area (Å²) in [6, 6.07) is 17.1. The molecule has 0 unspecified atom stereocenters. The van der Waals surface area contributed by atoms with Crippen LogP contribution in [0.15, 0.2) is 64.6 Å². The molecule has 1 aromatic heterocycles. The Morgan fingerprint density at radius 1 is 0.967 bits per heavy atom. The Bertz CT molecular complexity index is 1060. The SMILES string of the molecule is CCCSc1nnc(-c2cccc(S(=O)(=O)N(CC)CC)c2)n1Cc1ccccc1. The maximum absolute atomic E-state index is 13.0. The van der Waals surface area contributed by atoms with Crippen molar-refractivity contribution in [1.29, 1.82) is 0 Å². The van der Waals surface area contributed by atoms with Gasteiger partial charge in [0.2, 0.25) is 10.0 Å². The molecule has 0 N–H and O–H groups in total. The lowest BCUT2D eigenvalue weighted by Crippen LogP contribution is -2.30. The minimum Gasteiger partial charge on any atom is -0.298 e. The Balaban J connectivity index is 2.04. The van der Waals surface area contributed by atoms with Crippen LogP contribution in [-0.4, -0.2) is 46.3 Å². The van der Waals surface area contributed by atoms with Crippen molar-refractivity contribution in [2.24, 2.45) is 0 Å². The molecule has 30 heavy (non-hydrogen) atoms. The summed E-state index contributed by atoms with van der Waals surface area (Å²) in [5.41, 5.74) is 1.89. The molecule has 0 spiro atoms. The maximum atomic E-state index is 13.0. The minimum absolute atomic E-state index is 0.278. The van der Waals surface area contributed by atoms with Crippen molar-refractivity contribution < 1.29 is 8.42 Å². The number of nitrogens with zero attached hydrogens (tertiary/aromatic N) is 4. The van der Waals surface area contributed by atoms with Gasteiger partial charge in [-0.05, 0) is 24.1 Å². The lowest BCUT2D eigenvalue weighted by Gasteiger charge is -2.19. The van der Waals surface area contributed by atoms with Crippen LogP contribution in [0.25, 0.3) is 11.4 Å². The smallest absolute Gasteiger partial charge is 0.243 e. The summed E-state index contributed by atoms with van der Waals surface area (Å²) < 4.78 is 29.5. The highest BCUT2D eigenvalue weighted by molar-refractivity contribution is 7.99. The quantitative estimate of drug-likeness (QED) is 0.430. The summed E-state index contributed by atoms with van der Waals surface area (Å²) in [6.45, 7) is 7.32. The largest absolute Gasteiger partial charge is 0.298 e. The third-order valence-electron chi connectivity index (χ3n) is 4.77. The van der Waals surface area contributed by atoms with E-state index in [4.69, 9.17) is 0 Å². The zero-order valence-electron chi connectivity index (χ0n) is 17.7. The highest BCUT2D eigenvalue weighted by Crippen LogP contribution is 2.28. The highest BCUT2D eigenvalue weighted by atomic mass is 32.2. The first kappa shape index (κ1) is 22.5. The van der Waals surface area contributed by atoms with Gasteiger partial charge in [0.1, 0.15) is 0 Å². The van der Waals surface area contributed by atoms with Crippen LogP contribution in [0, 0.1) is 0 Å². The molecule has 3 aromatic rings. The topological polar surface area (TPSA) is 68.1 Å². The van der Waals surface area contributed by atoms with E-state index in [1.54, 1.807) is 30.0 Å². The molecule has 0 aliphatic heterocycles. The van der Waals surface area contributed by atoms with Gasteiger partial charge in [-0.2, -0.15) is 4.31 Å². The number of thioether (sulfide) groups is 1. The summed E-state index contributed by atoms with van der Waals surface area (Å²) >= 11 is 1.67. The van der Waals surface area contributed by atoms with Crippen molar-refractivity contribution in [3.8, 4) is 11.4 Å². The molecule has 8 heteroatoms. The fourth-order valence-corrected chi connectivity index (χ4v) is 5.52. The van der Waals surface area contributed by atoms with Crippen LogP contribution in [0.3, 0.4) is 0 Å². The molecule has 0 aliphatic carbocycles. The molecular formula is C22H28N4O2S2. The normalized spacial score (nSPS) is 11.9. The van der Waals surface area contributed by atoms with E-state index < -0.39 is 10.0 Å². The summed E-state index contributed by atoms with van der Waals surface area (Å²) in [7, 11) is -3.54. The molecule has 6 nitrogen and oxygen atoms in total. The van der Waals surface area contributed by atoms with E-state index in [9.17, 15) is 8.42 Å². The van der Waals surface area contributed by atoms with E-state index in [1.165, 1.54) is 4.31 Å². The van der Waals surface area contributed by atoms with Crippen molar-refractivity contribution in [3.63, 3.8) is 0 Å². The van der Waals surface area contributed by atoms with Gasteiger partial charge in [0.05, 0.1) is 11.4 Å². The molecule has 1 heterocycles. The van der Waals surface area contributed by atoms with Gasteiger partial charge in [-0.15, -0.1) is 10.2 Å². The third kappa shape index (κ3) is 4.94. The van der Waals surface area contributed by atoms with Crippen molar-refractivity contribution in [1.82, 2.24) is 19.1 Å². The molecule has 160 valence electrons. The molecule has 0 aliphatic rings. The Labute approximate surface area is 183 Å². The molecular weight excluding hydrogens is 416 g/mol. The van der Waals surface area contributed by atoms with Crippen molar-refractivity contribution >= 4 is 21.8 Å². The summed E-state index contributed by atoms with van der Waals surface area (Å²) in [6.07, 6.45) is 1.04. The fraction of sp³-hybridized carbons (Fsp3) is 0.364. The molecule has 0 atom stereocenters. The molecule has 0 bridgehead atoms. The van der Waals surface area contributed by atoms with Crippen LogP contribution >= 0.6 is 11.8 Å². The van der Waals surface area contributed by atoms with E-state index in [1.807, 2.05) is 38.1 Å². The van der Waals surface area contributed by atoms with Crippen LogP contribution < -0.4 is 0 Å². The Morgan fingerprint density at radius 2 is 1.70 bits per heavy atom. The molecule has 0 saturated carbocycles. The molecule has 2 aromatic carbocycles. The van der Waals surface area contributed by atoms with Gasteiger partial charge in [-0.3, -0.25) is 4.57 Å². The average Bonchev–Trinajstić information content (AvgIpc) is 3.16. The second-order valence-electron chi connectivity index (χ2n) is 6.84. The zero-order valence-corrected chi connectivity index (χ0v) is 19.3. The number of sulfonamides is 1. The molecule has 0 amide bonds. The van der Waals surface area contributed by atoms with E-state index in [2.05, 4.69) is 33.8 Å². The average molecular weight is 445 g/mol. The van der Waals surface area contributed by atoms with Gasteiger partial charge in [0.25, 0.3) is 0 Å². The van der Waals surface area contributed by atoms with Crippen molar-refractivity contribution in [2.45, 2.75) is 43.8 Å². The number of aromatic nitrogens is 3. The van der Waals surface area contributed by atoms with Gasteiger partial charge in [-0.1, -0.05) is 75.0 Å². The first-order valence-electron chi connectivity index (χ1n) is 10.2. The van der Waals surface area contributed by atoms with Crippen LogP contribution in [-0.2, 0) is 16.6 Å². The molecule has 0 radical (unpaired) electrons. The first-order chi connectivity index (χ1) is 14.5. The van der Waals surface area contributed by atoms with Crippen LogP contribution in [0.5, 0.6) is 0 Å². The number of benzene rings is 2. The summed E-state index contributed by atoms with van der Waals surface area (Å²) in [4.78, 5) is 0.278. The van der Waals surface area contributed by atoms with E-state index >= 15 is 0 Å². The molecule has 0 saturated heterocycles. The number of hydrogen-bond donors (Lipinski definition) is 0. The monoisotopic (exact) mass is 444 g/mol. The summed E-state index contributed by atoms with van der Waals surface area (Å²) in [5.74, 6) is 1.62. The van der Waals surface area contributed by atoms with Crippen LogP contribution in [0.4, 0.5) is 0 Å². The van der Waals surface area contributed by atoms with E-state index in [0.717, 1.165) is 28.5 Å². The predicted octanol–water partition coefficient (Wildman–Crippen LogP) is 4.53. The van der Waals surface area contributed by atoms with E-state index in [-0.39, 0.29) is 4.90 Å². The minimum atomic E-state index is -3.54. The van der Waals surface area contributed by atoms with E-state index in [0.29, 0.717) is 25.5 Å². The van der Waals surface area contributed by atoms with Crippen LogP contribution in [0.2, 0.25) is 0 Å². The van der Waals surface area contributed by atoms with Gasteiger partial charge in [0.15, 0.2) is 11.0 Å². The summed E-state index contributed by atoms with van der Waals surface area (Å²) in [5, 5.41) is 9.67. The number of hydrogen-bond acceptors (Lipinski definition) is 5. The standard InChI is InChI=1S/C22H28N4O2S2/c1-4-15-29-22-24-23-21(26(22)17-18-11-8-7-9-12-18)19-13-10-14-20(16-19)30(27,28)25(5-2)6-3/h7-14,16H,4-6,15,17H2,1-3H3. The third-order valence-corrected chi connectivity index (χ3v) is 7.99. The zero-order chi connectivity index (χ0) is 21.6. The lowest BCUT2D eigenvalue weighted by molar-refractivity contribution is 0.445.